The topological polar surface area (TPSA) is 20.7 Å². The van der Waals surface area contributed by atoms with Crippen LogP contribution in [0.1, 0.15) is 11.3 Å². The summed E-state index contributed by atoms with van der Waals surface area (Å²) in [6.45, 7) is 0. The third-order valence-corrected chi connectivity index (χ3v) is 2.78. The SMILES string of the molecule is FC(F)(F)c1ccc(-n2[nH]c(C(F)(F)F)cc2=S)cc1. The average molecular weight is 312 g/mol. The number of alkyl halides is 6. The maximum absolute atomic E-state index is 12.5. The van der Waals surface area contributed by atoms with Gasteiger partial charge in [-0.1, -0.05) is 12.2 Å². The molecule has 108 valence electrons. The summed E-state index contributed by atoms with van der Waals surface area (Å²) in [6.07, 6.45) is -9.11. The van der Waals surface area contributed by atoms with Gasteiger partial charge in [-0.05, 0) is 24.3 Å². The van der Waals surface area contributed by atoms with Crippen LogP contribution in [0.3, 0.4) is 0 Å². The maximum atomic E-state index is 12.5. The highest BCUT2D eigenvalue weighted by Gasteiger charge is 2.33. The minimum Gasteiger partial charge on any atom is -0.288 e. The second-order valence-electron chi connectivity index (χ2n) is 3.89. The summed E-state index contributed by atoms with van der Waals surface area (Å²) in [7, 11) is 0. The van der Waals surface area contributed by atoms with Crippen molar-refractivity contribution in [1.29, 1.82) is 0 Å². The Balaban J connectivity index is 2.43. The van der Waals surface area contributed by atoms with Crippen molar-refractivity contribution < 1.29 is 26.3 Å². The highest BCUT2D eigenvalue weighted by molar-refractivity contribution is 7.71. The van der Waals surface area contributed by atoms with Gasteiger partial charge in [-0.3, -0.25) is 5.10 Å². The molecule has 0 unspecified atom stereocenters. The van der Waals surface area contributed by atoms with Crippen molar-refractivity contribution in [3.63, 3.8) is 0 Å². The molecular weight excluding hydrogens is 306 g/mol. The summed E-state index contributed by atoms with van der Waals surface area (Å²) in [6, 6.07) is 4.31. The van der Waals surface area contributed by atoms with Gasteiger partial charge in [-0.15, -0.1) is 0 Å². The number of aromatic nitrogens is 2. The Morgan fingerprint density at radius 2 is 1.45 bits per heavy atom. The van der Waals surface area contributed by atoms with Crippen LogP contribution in [0.4, 0.5) is 26.3 Å². The first-order chi connectivity index (χ1) is 9.09. The van der Waals surface area contributed by atoms with E-state index in [0.717, 1.165) is 28.9 Å². The molecule has 2 nitrogen and oxygen atoms in total. The number of H-pyrrole nitrogens is 1. The Labute approximate surface area is 113 Å². The van der Waals surface area contributed by atoms with Crippen molar-refractivity contribution in [3.8, 4) is 5.69 Å². The number of halogens is 6. The van der Waals surface area contributed by atoms with Gasteiger partial charge in [0.15, 0.2) is 0 Å². The van der Waals surface area contributed by atoms with Gasteiger partial charge in [-0.25, -0.2) is 4.68 Å². The summed E-state index contributed by atoms with van der Waals surface area (Å²) in [4.78, 5) is 0. The molecule has 2 rings (SSSR count). The molecule has 0 bridgehead atoms. The molecule has 1 aromatic carbocycles. The van der Waals surface area contributed by atoms with E-state index in [0.29, 0.717) is 6.07 Å². The summed E-state index contributed by atoms with van der Waals surface area (Å²) in [5, 5.41) is 2.00. The lowest BCUT2D eigenvalue weighted by Crippen LogP contribution is -2.08. The van der Waals surface area contributed by atoms with E-state index in [9.17, 15) is 26.3 Å². The quantitative estimate of drug-likeness (QED) is 0.604. The maximum Gasteiger partial charge on any atom is 0.432 e. The normalized spacial score (nSPS) is 12.7. The summed E-state index contributed by atoms with van der Waals surface area (Å²) in [5.41, 5.74) is -1.88. The summed E-state index contributed by atoms with van der Waals surface area (Å²) >= 11 is 4.74. The van der Waals surface area contributed by atoms with Gasteiger partial charge in [0.25, 0.3) is 0 Å². The summed E-state index contributed by atoms with van der Waals surface area (Å²) < 4.78 is 75.3. The zero-order chi connectivity index (χ0) is 15.1. The van der Waals surface area contributed by atoms with Crippen LogP contribution in [-0.4, -0.2) is 9.78 Å². The molecule has 0 fully saturated rings. The first kappa shape index (κ1) is 14.6. The molecule has 0 saturated heterocycles. The van der Waals surface area contributed by atoms with Gasteiger partial charge < -0.3 is 0 Å². The van der Waals surface area contributed by atoms with Crippen LogP contribution in [0.25, 0.3) is 5.69 Å². The Morgan fingerprint density at radius 3 is 1.85 bits per heavy atom. The number of aromatic amines is 1. The van der Waals surface area contributed by atoms with Crippen molar-refractivity contribution in [1.82, 2.24) is 9.78 Å². The molecule has 1 aromatic heterocycles. The predicted octanol–water partition coefficient (Wildman–Crippen LogP) is 4.57. The lowest BCUT2D eigenvalue weighted by Gasteiger charge is -2.08. The molecular formula is C11H6F6N2S. The van der Waals surface area contributed by atoms with E-state index >= 15 is 0 Å². The highest BCUT2D eigenvalue weighted by Crippen LogP contribution is 2.31. The van der Waals surface area contributed by atoms with Crippen LogP contribution < -0.4 is 0 Å². The van der Waals surface area contributed by atoms with E-state index in [2.05, 4.69) is 0 Å². The molecule has 9 heteroatoms. The highest BCUT2D eigenvalue weighted by atomic mass is 32.1. The summed E-state index contributed by atoms with van der Waals surface area (Å²) in [5.74, 6) is 0. The molecule has 0 spiro atoms. The number of hydrogen-bond donors (Lipinski definition) is 1. The largest absolute Gasteiger partial charge is 0.432 e. The molecule has 20 heavy (non-hydrogen) atoms. The van der Waals surface area contributed by atoms with Crippen LogP contribution in [0, 0.1) is 4.64 Å². The van der Waals surface area contributed by atoms with E-state index in [1.54, 1.807) is 0 Å². The number of hydrogen-bond acceptors (Lipinski definition) is 1. The first-order valence-corrected chi connectivity index (χ1v) is 5.57. The van der Waals surface area contributed by atoms with Gasteiger partial charge in [0.2, 0.25) is 0 Å². The molecule has 0 saturated carbocycles. The second-order valence-corrected chi connectivity index (χ2v) is 4.30. The predicted molar refractivity (Wildman–Crippen MR) is 61.0 cm³/mol. The smallest absolute Gasteiger partial charge is 0.288 e. The third-order valence-electron chi connectivity index (χ3n) is 2.48. The molecule has 0 aliphatic rings. The van der Waals surface area contributed by atoms with E-state index < -0.39 is 23.6 Å². The Bertz CT molecular complexity index is 662. The zero-order valence-electron chi connectivity index (χ0n) is 9.51. The molecule has 2 aromatic rings. The van der Waals surface area contributed by atoms with Crippen LogP contribution in [0.5, 0.6) is 0 Å². The van der Waals surface area contributed by atoms with Crippen molar-refractivity contribution in [3.05, 3.63) is 46.2 Å². The number of rotatable bonds is 1. The van der Waals surface area contributed by atoms with E-state index in [4.69, 9.17) is 12.2 Å². The van der Waals surface area contributed by atoms with E-state index in [1.807, 2.05) is 5.10 Å². The Hall–Kier alpha value is -1.77. The zero-order valence-corrected chi connectivity index (χ0v) is 10.3. The lowest BCUT2D eigenvalue weighted by molar-refractivity contribution is -0.141. The molecule has 1 N–H and O–H groups in total. The Kier molecular flexibility index (Phi) is 3.41. The minimum atomic E-state index is -4.61. The number of benzene rings is 1. The third kappa shape index (κ3) is 2.87. The molecule has 1 heterocycles. The molecule has 0 radical (unpaired) electrons. The molecule has 0 amide bonds. The average Bonchev–Trinajstić information content (AvgIpc) is 2.70. The van der Waals surface area contributed by atoms with Gasteiger partial charge in [0.05, 0.1) is 11.3 Å². The van der Waals surface area contributed by atoms with Crippen molar-refractivity contribution in [2.75, 3.05) is 0 Å². The molecule has 0 aliphatic heterocycles. The van der Waals surface area contributed by atoms with Crippen molar-refractivity contribution in [2.45, 2.75) is 12.4 Å². The number of nitrogens with zero attached hydrogens (tertiary/aromatic N) is 1. The fraction of sp³-hybridized carbons (Fsp3) is 0.182. The molecule has 0 aliphatic carbocycles. The monoisotopic (exact) mass is 312 g/mol. The lowest BCUT2D eigenvalue weighted by atomic mass is 10.2. The van der Waals surface area contributed by atoms with Crippen LogP contribution in [0.15, 0.2) is 30.3 Å². The standard InChI is InChI=1S/C11H6F6N2S/c12-10(13,14)6-1-3-7(4-2-6)19-9(20)5-8(18-19)11(15,16)17/h1-5,18H. The van der Waals surface area contributed by atoms with E-state index in [-0.39, 0.29) is 10.3 Å². The minimum absolute atomic E-state index is 0.0819. The second kappa shape index (κ2) is 4.65. The van der Waals surface area contributed by atoms with Crippen LogP contribution in [0.2, 0.25) is 0 Å². The fourth-order valence-electron chi connectivity index (χ4n) is 1.53. The van der Waals surface area contributed by atoms with Crippen molar-refractivity contribution >= 4 is 12.2 Å². The van der Waals surface area contributed by atoms with E-state index in [1.165, 1.54) is 0 Å². The Morgan fingerprint density at radius 1 is 0.900 bits per heavy atom. The first-order valence-electron chi connectivity index (χ1n) is 5.16. The fourth-order valence-corrected chi connectivity index (χ4v) is 1.80. The van der Waals surface area contributed by atoms with Crippen molar-refractivity contribution in [2.24, 2.45) is 0 Å². The molecule has 0 atom stereocenters. The van der Waals surface area contributed by atoms with Crippen LogP contribution >= 0.6 is 12.2 Å². The van der Waals surface area contributed by atoms with Gasteiger partial charge in [0.1, 0.15) is 10.3 Å². The van der Waals surface area contributed by atoms with Gasteiger partial charge in [-0.2, -0.15) is 26.3 Å². The van der Waals surface area contributed by atoms with Gasteiger partial charge >= 0.3 is 12.4 Å². The van der Waals surface area contributed by atoms with Crippen LogP contribution in [-0.2, 0) is 12.4 Å². The van der Waals surface area contributed by atoms with Gasteiger partial charge in [0, 0.05) is 6.07 Å². The number of nitrogens with one attached hydrogen (secondary N) is 1.